The summed E-state index contributed by atoms with van der Waals surface area (Å²) in [6, 6.07) is 1.75. The second-order valence-corrected chi connectivity index (χ2v) is 2.41. The molecule has 0 fully saturated rings. The smallest absolute Gasteiger partial charge is 0.222 e. The molecular weight excluding hydrogens is 151 g/mol. The van der Waals surface area contributed by atoms with Crippen LogP contribution >= 0.6 is 0 Å². The maximum atomic E-state index is 5.51. The van der Waals surface area contributed by atoms with Crippen molar-refractivity contribution in [3.8, 4) is 0 Å². The molecule has 2 heterocycles. The second kappa shape index (κ2) is 2.44. The molecule has 0 aliphatic carbocycles. The molecule has 0 amide bonds. The van der Waals surface area contributed by atoms with Gasteiger partial charge in [-0.05, 0) is 0 Å². The number of hydrogen-bond donors (Lipinski definition) is 1. The van der Waals surface area contributed by atoms with Crippen molar-refractivity contribution in [2.75, 3.05) is 5.73 Å². The highest BCUT2D eigenvalue weighted by atomic mass is 15.0. The van der Waals surface area contributed by atoms with Crippen LogP contribution < -0.4 is 11.2 Å². The van der Waals surface area contributed by atoms with Gasteiger partial charge in [-0.3, -0.25) is 0 Å². The van der Waals surface area contributed by atoms with Crippen LogP contribution in [0.3, 0.4) is 0 Å². The lowest BCUT2D eigenvalue weighted by Crippen LogP contribution is -2.04. The number of hydrogen-bond acceptors (Lipinski definition) is 4. The molecule has 2 N–H and O–H groups in total. The van der Waals surface area contributed by atoms with E-state index in [-0.39, 0.29) is 5.95 Å². The summed E-state index contributed by atoms with van der Waals surface area (Å²) >= 11 is 0. The molecule has 0 atom stereocenters. The molecule has 0 aliphatic rings. The van der Waals surface area contributed by atoms with Crippen LogP contribution in [0.4, 0.5) is 5.95 Å². The normalized spacial score (nSPS) is 10.3. The molecule has 5 heteroatoms. The number of nitrogens with two attached hydrogens (primary N) is 1. The third-order valence-corrected chi connectivity index (χ3v) is 1.47. The second-order valence-electron chi connectivity index (χ2n) is 2.41. The third-order valence-electron chi connectivity index (χ3n) is 1.47. The Kier molecular flexibility index (Phi) is 1.43. The SMILES string of the molecule is [B]c1cnc2nc(N)ncc2c1. The molecule has 0 aliphatic heterocycles. The number of pyridine rings is 1. The number of rotatable bonds is 0. The monoisotopic (exact) mass is 156 g/mol. The fraction of sp³-hybridized carbons (Fsp3) is 0. The molecular formula is C7H5BN4. The van der Waals surface area contributed by atoms with Crippen LogP contribution in [0, 0.1) is 0 Å². The average molecular weight is 156 g/mol. The lowest BCUT2D eigenvalue weighted by molar-refractivity contribution is 1.20. The predicted molar refractivity (Wildman–Crippen MR) is 47.1 cm³/mol. The summed E-state index contributed by atoms with van der Waals surface area (Å²) in [5, 5.41) is 0.796. The van der Waals surface area contributed by atoms with Crippen molar-refractivity contribution in [1.82, 2.24) is 15.0 Å². The molecule has 0 saturated carbocycles. The Morgan fingerprint density at radius 1 is 1.25 bits per heavy atom. The van der Waals surface area contributed by atoms with E-state index in [0.29, 0.717) is 11.1 Å². The lowest BCUT2D eigenvalue weighted by atomic mass is 9.98. The van der Waals surface area contributed by atoms with E-state index in [0.717, 1.165) is 5.39 Å². The van der Waals surface area contributed by atoms with E-state index in [1.807, 2.05) is 0 Å². The van der Waals surface area contributed by atoms with E-state index in [1.54, 1.807) is 12.3 Å². The minimum absolute atomic E-state index is 0.222. The topological polar surface area (TPSA) is 64.7 Å². The lowest BCUT2D eigenvalue weighted by Gasteiger charge is -1.97. The Morgan fingerprint density at radius 2 is 2.08 bits per heavy atom. The third kappa shape index (κ3) is 1.09. The maximum Gasteiger partial charge on any atom is 0.222 e. The Labute approximate surface area is 70.3 Å². The van der Waals surface area contributed by atoms with Crippen LogP contribution in [0.1, 0.15) is 0 Å². The molecule has 4 nitrogen and oxygen atoms in total. The molecule has 2 aromatic heterocycles. The van der Waals surface area contributed by atoms with Crippen molar-refractivity contribution in [3.63, 3.8) is 0 Å². The van der Waals surface area contributed by atoms with Gasteiger partial charge in [-0.25, -0.2) is 9.97 Å². The highest BCUT2D eigenvalue weighted by Gasteiger charge is 1.96. The summed E-state index contributed by atoms with van der Waals surface area (Å²) in [4.78, 5) is 11.7. The predicted octanol–water partition coefficient (Wildman–Crippen LogP) is -0.599. The fourth-order valence-electron chi connectivity index (χ4n) is 0.953. The summed E-state index contributed by atoms with van der Waals surface area (Å²) in [7, 11) is 5.51. The Morgan fingerprint density at radius 3 is 2.92 bits per heavy atom. The van der Waals surface area contributed by atoms with Crippen molar-refractivity contribution in [3.05, 3.63) is 18.5 Å². The zero-order valence-corrected chi connectivity index (χ0v) is 6.23. The van der Waals surface area contributed by atoms with Crippen molar-refractivity contribution >= 4 is 30.3 Å². The zero-order chi connectivity index (χ0) is 8.55. The van der Waals surface area contributed by atoms with Gasteiger partial charge >= 0.3 is 0 Å². The number of anilines is 1. The minimum atomic E-state index is 0.222. The van der Waals surface area contributed by atoms with E-state index >= 15 is 0 Å². The average Bonchev–Trinajstić information content (AvgIpc) is 2.05. The van der Waals surface area contributed by atoms with Crippen LogP contribution in [0.5, 0.6) is 0 Å². The number of fused-ring (bicyclic) bond motifs is 1. The van der Waals surface area contributed by atoms with Gasteiger partial charge in [-0.2, -0.15) is 4.98 Å². The van der Waals surface area contributed by atoms with Gasteiger partial charge in [0.15, 0.2) is 5.65 Å². The van der Waals surface area contributed by atoms with Gasteiger partial charge < -0.3 is 5.73 Å². The minimum Gasteiger partial charge on any atom is -0.368 e. The molecule has 0 aromatic carbocycles. The molecule has 2 aromatic rings. The molecule has 0 spiro atoms. The number of nitrogens with zero attached hydrogens (tertiary/aromatic N) is 3. The Bertz CT molecular complexity index is 387. The molecule has 0 unspecified atom stereocenters. The highest BCUT2D eigenvalue weighted by molar-refractivity contribution is 6.32. The van der Waals surface area contributed by atoms with Crippen molar-refractivity contribution in [1.29, 1.82) is 0 Å². The van der Waals surface area contributed by atoms with Crippen LogP contribution in [0.25, 0.3) is 11.0 Å². The molecule has 0 bridgehead atoms. The maximum absolute atomic E-state index is 5.51. The van der Waals surface area contributed by atoms with E-state index in [2.05, 4.69) is 15.0 Å². The van der Waals surface area contributed by atoms with Gasteiger partial charge in [-0.15, -0.1) is 0 Å². The first-order chi connectivity index (χ1) is 5.75. The van der Waals surface area contributed by atoms with Gasteiger partial charge in [0, 0.05) is 17.8 Å². The molecule has 0 saturated heterocycles. The van der Waals surface area contributed by atoms with E-state index in [4.69, 9.17) is 13.6 Å². The molecule has 56 valence electrons. The van der Waals surface area contributed by atoms with Gasteiger partial charge in [0.1, 0.15) is 7.85 Å². The van der Waals surface area contributed by atoms with Crippen LogP contribution in [-0.4, -0.2) is 22.8 Å². The Hall–Kier alpha value is -1.65. The quantitative estimate of drug-likeness (QED) is 0.517. The van der Waals surface area contributed by atoms with Gasteiger partial charge in [-0.1, -0.05) is 11.5 Å². The van der Waals surface area contributed by atoms with E-state index in [9.17, 15) is 0 Å². The Balaban J connectivity index is 2.79. The van der Waals surface area contributed by atoms with Crippen LogP contribution in [-0.2, 0) is 0 Å². The van der Waals surface area contributed by atoms with Crippen LogP contribution in [0.15, 0.2) is 18.5 Å². The van der Waals surface area contributed by atoms with Gasteiger partial charge in [0.2, 0.25) is 5.95 Å². The standard InChI is InChI=1S/C7H5BN4/c8-5-1-4-2-11-7(9)12-6(4)10-3-5/h1-3H,(H2,9,10,11,12). The van der Waals surface area contributed by atoms with Crippen molar-refractivity contribution in [2.45, 2.75) is 0 Å². The van der Waals surface area contributed by atoms with E-state index < -0.39 is 0 Å². The summed E-state index contributed by atoms with van der Waals surface area (Å²) in [6.45, 7) is 0. The zero-order valence-electron chi connectivity index (χ0n) is 6.23. The first-order valence-corrected chi connectivity index (χ1v) is 3.39. The first kappa shape index (κ1) is 7.03. The van der Waals surface area contributed by atoms with Crippen molar-refractivity contribution in [2.24, 2.45) is 0 Å². The van der Waals surface area contributed by atoms with Gasteiger partial charge in [0.05, 0.1) is 0 Å². The fourth-order valence-corrected chi connectivity index (χ4v) is 0.953. The summed E-state index contributed by atoms with van der Waals surface area (Å²) in [5.74, 6) is 0.222. The first-order valence-electron chi connectivity index (χ1n) is 3.39. The van der Waals surface area contributed by atoms with Crippen LogP contribution in [0.2, 0.25) is 0 Å². The summed E-state index contributed by atoms with van der Waals surface area (Å²) in [6.07, 6.45) is 3.13. The van der Waals surface area contributed by atoms with Crippen molar-refractivity contribution < 1.29 is 0 Å². The summed E-state index contributed by atoms with van der Waals surface area (Å²) in [5.41, 5.74) is 6.53. The summed E-state index contributed by atoms with van der Waals surface area (Å²) < 4.78 is 0. The van der Waals surface area contributed by atoms with E-state index in [1.165, 1.54) is 6.20 Å². The molecule has 12 heavy (non-hydrogen) atoms. The molecule has 2 rings (SSSR count). The highest BCUT2D eigenvalue weighted by Crippen LogP contribution is 2.05. The molecule has 2 radical (unpaired) electrons. The largest absolute Gasteiger partial charge is 0.368 e. The van der Waals surface area contributed by atoms with Gasteiger partial charge in [0.25, 0.3) is 0 Å². The number of aromatic nitrogens is 3. The number of nitrogen functional groups attached to an aromatic ring is 1.